The Bertz CT molecular complexity index is 1020. The van der Waals surface area contributed by atoms with Crippen molar-refractivity contribution in [3.05, 3.63) is 65.7 Å². The number of rotatable bonds is 5. The number of hydrazone groups is 1. The molecular formula is C22H23N5O2. The molecule has 0 saturated carbocycles. The van der Waals surface area contributed by atoms with Gasteiger partial charge in [0.15, 0.2) is 11.6 Å². The molecule has 0 atom stereocenters. The SMILES string of the molecule is Cc1cccc(C=NNc2cc(N3CCOCC3)nc(-c3cccc(O)c3)n2)c1. The van der Waals surface area contributed by atoms with Crippen molar-refractivity contribution < 1.29 is 9.84 Å². The van der Waals surface area contributed by atoms with Gasteiger partial charge in [0.25, 0.3) is 0 Å². The number of aromatic nitrogens is 2. The predicted octanol–water partition coefficient (Wildman–Crippen LogP) is 3.44. The molecule has 0 amide bonds. The van der Waals surface area contributed by atoms with Crippen molar-refractivity contribution in [2.75, 3.05) is 36.6 Å². The predicted molar refractivity (Wildman–Crippen MR) is 115 cm³/mol. The van der Waals surface area contributed by atoms with Crippen molar-refractivity contribution in [2.45, 2.75) is 6.92 Å². The number of nitrogens with zero attached hydrogens (tertiary/aromatic N) is 4. The number of aromatic hydroxyl groups is 1. The van der Waals surface area contributed by atoms with Crippen LogP contribution in [0.1, 0.15) is 11.1 Å². The number of nitrogens with one attached hydrogen (secondary N) is 1. The van der Waals surface area contributed by atoms with Crippen LogP contribution in [0.5, 0.6) is 5.75 Å². The Hall–Kier alpha value is -3.45. The quantitative estimate of drug-likeness (QED) is 0.514. The molecular weight excluding hydrogens is 366 g/mol. The smallest absolute Gasteiger partial charge is 0.164 e. The van der Waals surface area contributed by atoms with Gasteiger partial charge in [0.2, 0.25) is 0 Å². The van der Waals surface area contributed by atoms with Gasteiger partial charge in [0.05, 0.1) is 19.4 Å². The Kier molecular flexibility index (Phi) is 5.67. The second kappa shape index (κ2) is 8.70. The van der Waals surface area contributed by atoms with Crippen LogP contribution in [-0.4, -0.2) is 47.6 Å². The fraction of sp³-hybridized carbons (Fsp3) is 0.227. The summed E-state index contributed by atoms with van der Waals surface area (Å²) in [6, 6.07) is 16.9. The number of anilines is 2. The molecule has 2 N–H and O–H groups in total. The molecule has 0 spiro atoms. The maximum Gasteiger partial charge on any atom is 0.164 e. The molecule has 2 aromatic carbocycles. The molecule has 0 bridgehead atoms. The third-order valence-electron chi connectivity index (χ3n) is 4.59. The highest BCUT2D eigenvalue weighted by atomic mass is 16.5. The van der Waals surface area contributed by atoms with E-state index in [0.717, 1.165) is 30.0 Å². The third kappa shape index (κ3) is 4.89. The highest BCUT2D eigenvalue weighted by molar-refractivity contribution is 5.80. The Morgan fingerprint density at radius 2 is 1.90 bits per heavy atom. The lowest BCUT2D eigenvalue weighted by Crippen LogP contribution is -2.36. The van der Waals surface area contributed by atoms with Crippen LogP contribution in [0, 0.1) is 6.92 Å². The zero-order valence-electron chi connectivity index (χ0n) is 16.2. The van der Waals surface area contributed by atoms with E-state index in [0.29, 0.717) is 24.9 Å². The molecule has 1 aliphatic heterocycles. The Morgan fingerprint density at radius 1 is 1.07 bits per heavy atom. The Labute approximate surface area is 169 Å². The van der Waals surface area contributed by atoms with Crippen LogP contribution in [0.2, 0.25) is 0 Å². The van der Waals surface area contributed by atoms with Gasteiger partial charge in [0, 0.05) is 24.7 Å². The summed E-state index contributed by atoms with van der Waals surface area (Å²) in [6.45, 7) is 4.91. The molecule has 148 valence electrons. The average molecular weight is 389 g/mol. The molecule has 3 aromatic rings. The lowest BCUT2D eigenvalue weighted by Gasteiger charge is -2.28. The molecule has 1 aromatic heterocycles. The molecule has 1 aliphatic rings. The van der Waals surface area contributed by atoms with Gasteiger partial charge in [-0.2, -0.15) is 5.10 Å². The molecule has 7 nitrogen and oxygen atoms in total. The van der Waals surface area contributed by atoms with Crippen molar-refractivity contribution >= 4 is 17.9 Å². The first kappa shape index (κ1) is 18.9. The number of phenolic OH excluding ortho intramolecular Hbond substituents is 1. The standard InChI is InChI=1S/C22H23N5O2/c1-16-4-2-5-17(12-16)15-23-26-20-14-21(27-8-10-29-11-9-27)25-22(24-20)18-6-3-7-19(28)13-18/h2-7,12-15,28H,8-11H2,1H3,(H,24,25,26). The summed E-state index contributed by atoms with van der Waals surface area (Å²) < 4.78 is 5.45. The largest absolute Gasteiger partial charge is 0.508 e. The molecule has 1 saturated heterocycles. The van der Waals surface area contributed by atoms with Crippen LogP contribution in [0.3, 0.4) is 0 Å². The first-order valence-corrected chi connectivity index (χ1v) is 9.54. The van der Waals surface area contributed by atoms with Crippen LogP contribution >= 0.6 is 0 Å². The van der Waals surface area contributed by atoms with Gasteiger partial charge < -0.3 is 14.7 Å². The fourth-order valence-electron chi connectivity index (χ4n) is 3.14. The average Bonchev–Trinajstić information content (AvgIpc) is 2.74. The van der Waals surface area contributed by atoms with Crippen molar-refractivity contribution in [1.82, 2.24) is 9.97 Å². The van der Waals surface area contributed by atoms with Gasteiger partial charge in [0.1, 0.15) is 11.6 Å². The Morgan fingerprint density at radius 3 is 2.69 bits per heavy atom. The molecule has 29 heavy (non-hydrogen) atoms. The normalized spacial score (nSPS) is 14.3. The maximum atomic E-state index is 9.83. The van der Waals surface area contributed by atoms with Gasteiger partial charge >= 0.3 is 0 Å². The maximum absolute atomic E-state index is 9.83. The zero-order chi connectivity index (χ0) is 20.1. The van der Waals surface area contributed by atoms with Gasteiger partial charge in [-0.15, -0.1) is 0 Å². The van der Waals surface area contributed by atoms with E-state index in [9.17, 15) is 5.11 Å². The number of benzene rings is 2. The number of phenols is 1. The Balaban J connectivity index is 1.63. The van der Waals surface area contributed by atoms with E-state index >= 15 is 0 Å². The molecule has 0 aliphatic carbocycles. The van der Waals surface area contributed by atoms with Crippen LogP contribution in [0.4, 0.5) is 11.6 Å². The van der Waals surface area contributed by atoms with E-state index in [1.807, 2.05) is 37.3 Å². The van der Waals surface area contributed by atoms with E-state index in [4.69, 9.17) is 9.72 Å². The van der Waals surface area contributed by atoms with Crippen LogP contribution in [0.25, 0.3) is 11.4 Å². The first-order valence-electron chi connectivity index (χ1n) is 9.54. The number of aryl methyl sites for hydroxylation is 1. The van der Waals surface area contributed by atoms with E-state index in [2.05, 4.69) is 26.5 Å². The summed E-state index contributed by atoms with van der Waals surface area (Å²) >= 11 is 0. The van der Waals surface area contributed by atoms with Crippen molar-refractivity contribution in [2.24, 2.45) is 5.10 Å². The summed E-state index contributed by atoms with van der Waals surface area (Å²) in [5.74, 6) is 2.09. The minimum Gasteiger partial charge on any atom is -0.508 e. The molecule has 0 radical (unpaired) electrons. The number of hydrogen-bond donors (Lipinski definition) is 2. The fourth-order valence-corrected chi connectivity index (χ4v) is 3.14. The van der Waals surface area contributed by atoms with E-state index < -0.39 is 0 Å². The topological polar surface area (TPSA) is 82.9 Å². The summed E-state index contributed by atoms with van der Waals surface area (Å²) in [7, 11) is 0. The minimum atomic E-state index is 0.176. The molecule has 2 heterocycles. The first-order chi connectivity index (χ1) is 14.2. The van der Waals surface area contributed by atoms with Gasteiger partial charge in [-0.05, 0) is 24.6 Å². The minimum absolute atomic E-state index is 0.176. The van der Waals surface area contributed by atoms with Gasteiger partial charge in [-0.3, -0.25) is 5.43 Å². The van der Waals surface area contributed by atoms with Crippen LogP contribution in [-0.2, 0) is 4.74 Å². The van der Waals surface area contributed by atoms with Crippen molar-refractivity contribution in [1.29, 1.82) is 0 Å². The highest BCUT2D eigenvalue weighted by Gasteiger charge is 2.16. The number of ether oxygens (including phenoxy) is 1. The summed E-state index contributed by atoms with van der Waals surface area (Å²) in [5, 5.41) is 14.2. The summed E-state index contributed by atoms with van der Waals surface area (Å²) in [6.07, 6.45) is 1.76. The van der Waals surface area contributed by atoms with Crippen LogP contribution < -0.4 is 10.3 Å². The molecule has 1 fully saturated rings. The second-order valence-electron chi connectivity index (χ2n) is 6.87. The van der Waals surface area contributed by atoms with Gasteiger partial charge in [-0.25, -0.2) is 9.97 Å². The van der Waals surface area contributed by atoms with E-state index in [-0.39, 0.29) is 5.75 Å². The number of morpholine rings is 1. The molecule has 7 heteroatoms. The second-order valence-corrected chi connectivity index (χ2v) is 6.87. The van der Waals surface area contributed by atoms with Gasteiger partial charge in [-0.1, -0.05) is 42.0 Å². The van der Waals surface area contributed by atoms with E-state index in [1.165, 1.54) is 5.56 Å². The van der Waals surface area contributed by atoms with Crippen molar-refractivity contribution in [3.8, 4) is 17.1 Å². The number of hydrogen-bond acceptors (Lipinski definition) is 7. The summed E-state index contributed by atoms with van der Waals surface area (Å²) in [4.78, 5) is 11.4. The molecule has 4 rings (SSSR count). The lowest BCUT2D eigenvalue weighted by atomic mass is 10.2. The third-order valence-corrected chi connectivity index (χ3v) is 4.59. The zero-order valence-corrected chi connectivity index (χ0v) is 16.2. The monoisotopic (exact) mass is 389 g/mol. The van der Waals surface area contributed by atoms with Crippen molar-refractivity contribution in [3.63, 3.8) is 0 Å². The van der Waals surface area contributed by atoms with Crippen LogP contribution in [0.15, 0.2) is 59.7 Å². The van der Waals surface area contributed by atoms with E-state index in [1.54, 1.807) is 24.4 Å². The molecule has 0 unspecified atom stereocenters. The summed E-state index contributed by atoms with van der Waals surface area (Å²) in [5.41, 5.74) is 5.94. The lowest BCUT2D eigenvalue weighted by molar-refractivity contribution is 0.122. The highest BCUT2D eigenvalue weighted by Crippen LogP contribution is 2.25.